The molecule has 2 aromatic rings. The summed E-state index contributed by atoms with van der Waals surface area (Å²) in [4.78, 5) is -0.133. The van der Waals surface area contributed by atoms with E-state index in [1.807, 2.05) is 0 Å². The summed E-state index contributed by atoms with van der Waals surface area (Å²) >= 11 is 5.86. The summed E-state index contributed by atoms with van der Waals surface area (Å²) in [5.41, 5.74) is 5.36. The number of nitrogens with one attached hydrogen (secondary N) is 1. The van der Waals surface area contributed by atoms with Crippen molar-refractivity contribution in [3.05, 3.63) is 53.3 Å². The lowest BCUT2D eigenvalue weighted by Crippen LogP contribution is -2.13. The Morgan fingerprint density at radius 2 is 1.84 bits per heavy atom. The van der Waals surface area contributed by atoms with Gasteiger partial charge in [-0.2, -0.15) is 0 Å². The van der Waals surface area contributed by atoms with E-state index >= 15 is 0 Å². The highest BCUT2D eigenvalue weighted by Gasteiger charge is 2.16. The highest BCUT2D eigenvalue weighted by molar-refractivity contribution is 7.92. The van der Waals surface area contributed by atoms with Crippen LogP contribution in [0.25, 0.3) is 0 Å². The molecule has 19 heavy (non-hydrogen) atoms. The Kier molecular flexibility index (Phi) is 3.64. The first kappa shape index (κ1) is 13.6. The van der Waals surface area contributed by atoms with Gasteiger partial charge in [-0.25, -0.2) is 12.8 Å². The van der Waals surface area contributed by atoms with Crippen LogP contribution in [0.5, 0.6) is 0 Å². The normalized spacial score (nSPS) is 11.3. The van der Waals surface area contributed by atoms with Crippen molar-refractivity contribution in [3.63, 3.8) is 0 Å². The van der Waals surface area contributed by atoms with Gasteiger partial charge in [0.2, 0.25) is 0 Å². The fourth-order valence-electron chi connectivity index (χ4n) is 1.44. The maximum Gasteiger partial charge on any atom is 0.262 e. The largest absolute Gasteiger partial charge is 0.396 e. The molecule has 2 aromatic carbocycles. The zero-order valence-electron chi connectivity index (χ0n) is 9.60. The Hall–Kier alpha value is -1.79. The van der Waals surface area contributed by atoms with Gasteiger partial charge in [-0.05, 0) is 30.3 Å². The van der Waals surface area contributed by atoms with E-state index in [2.05, 4.69) is 4.72 Å². The van der Waals surface area contributed by atoms with Crippen molar-refractivity contribution in [2.75, 3.05) is 10.5 Å². The monoisotopic (exact) mass is 300 g/mol. The van der Waals surface area contributed by atoms with Gasteiger partial charge < -0.3 is 5.73 Å². The molecule has 2 rings (SSSR count). The second-order valence-electron chi connectivity index (χ2n) is 3.77. The number of hydrogen-bond acceptors (Lipinski definition) is 3. The first-order chi connectivity index (χ1) is 8.90. The number of nitrogens with two attached hydrogens (primary N) is 1. The van der Waals surface area contributed by atoms with Gasteiger partial charge in [-0.1, -0.05) is 23.7 Å². The molecule has 0 amide bonds. The number of sulfonamides is 1. The van der Waals surface area contributed by atoms with E-state index < -0.39 is 15.8 Å². The lowest BCUT2D eigenvalue weighted by molar-refractivity contribution is 0.600. The molecule has 0 radical (unpaired) electrons. The van der Waals surface area contributed by atoms with Crippen LogP contribution in [0.15, 0.2) is 47.4 Å². The molecule has 0 aliphatic heterocycles. The zero-order chi connectivity index (χ0) is 14.0. The minimum Gasteiger partial charge on any atom is -0.396 e. The molecule has 0 fully saturated rings. The van der Waals surface area contributed by atoms with Crippen LogP contribution in [-0.2, 0) is 10.0 Å². The molecular weight excluding hydrogens is 291 g/mol. The lowest BCUT2D eigenvalue weighted by Gasteiger charge is -2.10. The van der Waals surface area contributed by atoms with Gasteiger partial charge in [0, 0.05) is 0 Å². The topological polar surface area (TPSA) is 72.2 Å². The van der Waals surface area contributed by atoms with Crippen molar-refractivity contribution >= 4 is 33.0 Å². The van der Waals surface area contributed by atoms with Gasteiger partial charge >= 0.3 is 0 Å². The van der Waals surface area contributed by atoms with Crippen LogP contribution in [0.3, 0.4) is 0 Å². The molecule has 0 saturated carbocycles. The first-order valence-corrected chi connectivity index (χ1v) is 7.08. The van der Waals surface area contributed by atoms with E-state index in [9.17, 15) is 12.8 Å². The Labute approximate surface area is 115 Å². The maximum absolute atomic E-state index is 13.0. The third-order valence-electron chi connectivity index (χ3n) is 2.40. The predicted molar refractivity (Wildman–Crippen MR) is 73.1 cm³/mol. The van der Waals surface area contributed by atoms with Crippen LogP contribution < -0.4 is 10.5 Å². The molecule has 0 bridgehead atoms. The van der Waals surface area contributed by atoms with Crippen molar-refractivity contribution in [1.29, 1.82) is 0 Å². The van der Waals surface area contributed by atoms with Crippen molar-refractivity contribution in [1.82, 2.24) is 0 Å². The number of halogens is 2. The van der Waals surface area contributed by atoms with E-state index in [1.54, 1.807) is 18.2 Å². The second kappa shape index (κ2) is 5.07. The highest BCUT2D eigenvalue weighted by Crippen LogP contribution is 2.25. The molecule has 0 aromatic heterocycles. The van der Waals surface area contributed by atoms with Gasteiger partial charge in [-0.3, -0.25) is 4.72 Å². The van der Waals surface area contributed by atoms with Crippen LogP contribution in [-0.4, -0.2) is 8.42 Å². The molecule has 0 aliphatic carbocycles. The average molecular weight is 301 g/mol. The fraction of sp³-hybridized carbons (Fsp3) is 0. The minimum atomic E-state index is -3.86. The number of benzene rings is 2. The molecule has 3 N–H and O–H groups in total. The summed E-state index contributed by atoms with van der Waals surface area (Å²) in [5.74, 6) is -0.670. The van der Waals surface area contributed by atoms with E-state index in [0.717, 1.165) is 18.2 Å². The highest BCUT2D eigenvalue weighted by atomic mass is 35.5. The Bertz CT molecular complexity index is 719. The van der Waals surface area contributed by atoms with Gasteiger partial charge in [0.15, 0.2) is 0 Å². The number of nitrogen functional groups attached to an aromatic ring is 1. The Morgan fingerprint density at radius 3 is 2.47 bits per heavy atom. The number of para-hydroxylation sites is 1. The van der Waals surface area contributed by atoms with E-state index in [0.29, 0.717) is 0 Å². The number of hydrogen-bond donors (Lipinski definition) is 2. The number of rotatable bonds is 3. The molecule has 0 spiro atoms. The molecule has 0 unspecified atom stereocenters. The summed E-state index contributed by atoms with van der Waals surface area (Å²) in [7, 11) is -3.86. The lowest BCUT2D eigenvalue weighted by atomic mass is 10.3. The molecule has 4 nitrogen and oxygen atoms in total. The summed E-state index contributed by atoms with van der Waals surface area (Å²) in [6.45, 7) is 0. The summed E-state index contributed by atoms with van der Waals surface area (Å²) in [6, 6.07) is 9.57. The molecule has 0 atom stereocenters. The van der Waals surface area contributed by atoms with Crippen LogP contribution in [0.4, 0.5) is 15.8 Å². The van der Waals surface area contributed by atoms with Gasteiger partial charge in [-0.15, -0.1) is 0 Å². The van der Waals surface area contributed by atoms with E-state index in [-0.39, 0.29) is 21.3 Å². The van der Waals surface area contributed by atoms with E-state index in [1.165, 1.54) is 6.07 Å². The van der Waals surface area contributed by atoms with Crippen molar-refractivity contribution in [3.8, 4) is 0 Å². The Morgan fingerprint density at radius 1 is 1.16 bits per heavy atom. The van der Waals surface area contributed by atoms with Gasteiger partial charge in [0.05, 0.1) is 21.3 Å². The van der Waals surface area contributed by atoms with Gasteiger partial charge in [0.25, 0.3) is 10.0 Å². The fourth-order valence-corrected chi connectivity index (χ4v) is 2.79. The van der Waals surface area contributed by atoms with E-state index in [4.69, 9.17) is 17.3 Å². The van der Waals surface area contributed by atoms with Crippen LogP contribution in [0.2, 0.25) is 5.02 Å². The third kappa shape index (κ3) is 2.97. The molecule has 7 heteroatoms. The average Bonchev–Trinajstić information content (AvgIpc) is 2.35. The first-order valence-electron chi connectivity index (χ1n) is 5.22. The molecular formula is C12H10ClFN2O2S. The SMILES string of the molecule is Nc1cc(S(=O)(=O)Nc2ccccc2Cl)ccc1F. The minimum absolute atomic E-state index is 0.133. The maximum atomic E-state index is 13.0. The predicted octanol–water partition coefficient (Wildman–Crippen LogP) is 2.86. The smallest absolute Gasteiger partial charge is 0.262 e. The van der Waals surface area contributed by atoms with Crippen LogP contribution in [0, 0.1) is 5.82 Å². The van der Waals surface area contributed by atoms with Crippen molar-refractivity contribution in [2.45, 2.75) is 4.90 Å². The molecule has 0 heterocycles. The summed E-state index contributed by atoms with van der Waals surface area (Å²) < 4.78 is 39.5. The van der Waals surface area contributed by atoms with Crippen molar-refractivity contribution in [2.24, 2.45) is 0 Å². The zero-order valence-corrected chi connectivity index (χ0v) is 11.2. The second-order valence-corrected chi connectivity index (χ2v) is 5.86. The van der Waals surface area contributed by atoms with Gasteiger partial charge in [0.1, 0.15) is 5.82 Å². The van der Waals surface area contributed by atoms with Crippen LogP contribution >= 0.6 is 11.6 Å². The summed E-state index contributed by atoms with van der Waals surface area (Å²) in [5, 5.41) is 0.265. The quantitative estimate of drug-likeness (QED) is 0.856. The standard InChI is InChI=1S/C12H10ClFN2O2S/c13-9-3-1-2-4-12(9)16-19(17,18)8-5-6-10(14)11(15)7-8/h1-7,16H,15H2. The molecule has 0 aliphatic rings. The Balaban J connectivity index is 2.38. The molecule has 0 saturated heterocycles. The molecule has 100 valence electrons. The summed E-state index contributed by atoms with van der Waals surface area (Å²) in [6.07, 6.45) is 0. The number of anilines is 2. The van der Waals surface area contributed by atoms with Crippen LogP contribution in [0.1, 0.15) is 0 Å². The van der Waals surface area contributed by atoms with Crippen molar-refractivity contribution < 1.29 is 12.8 Å². The third-order valence-corrected chi connectivity index (χ3v) is 4.09.